The van der Waals surface area contributed by atoms with Crippen LogP contribution in [0.3, 0.4) is 0 Å². The number of aryl methyl sites for hydroxylation is 1. The largest absolute Gasteiger partial charge is 0.410 e. The molecule has 0 aliphatic rings. The highest BCUT2D eigenvalue weighted by atomic mass is 16.5. The summed E-state index contributed by atoms with van der Waals surface area (Å²) in [5, 5.41) is 2.82. The van der Waals surface area contributed by atoms with Crippen molar-refractivity contribution in [2.75, 3.05) is 5.32 Å². The summed E-state index contributed by atoms with van der Waals surface area (Å²) in [4.78, 5) is 34.1. The van der Waals surface area contributed by atoms with Crippen molar-refractivity contribution < 1.29 is 19.1 Å². The van der Waals surface area contributed by atoms with Crippen molar-refractivity contribution in [1.29, 1.82) is 0 Å². The molecule has 2 amide bonds. The maximum absolute atomic E-state index is 12.2. The first-order chi connectivity index (χ1) is 14.5. The zero-order chi connectivity index (χ0) is 21.3. The lowest BCUT2D eigenvalue weighted by Gasteiger charge is -2.11. The lowest BCUT2D eigenvalue weighted by Crippen LogP contribution is -2.16. The summed E-state index contributed by atoms with van der Waals surface area (Å²) in [6.07, 6.45) is 1.60. The maximum Gasteiger partial charge on any atom is 0.409 e. The molecule has 3 aromatic rings. The van der Waals surface area contributed by atoms with Crippen LogP contribution in [0.2, 0.25) is 0 Å². The summed E-state index contributed by atoms with van der Waals surface area (Å²) in [5.41, 5.74) is 9.10. The van der Waals surface area contributed by atoms with Crippen LogP contribution in [0, 0.1) is 0 Å². The summed E-state index contributed by atoms with van der Waals surface area (Å²) in [5.74, 6) is 0.305. The molecule has 0 aliphatic carbocycles. The van der Waals surface area contributed by atoms with Crippen LogP contribution in [-0.4, -0.2) is 18.3 Å². The smallest absolute Gasteiger partial charge is 0.409 e. The Morgan fingerprint density at radius 2 is 1.70 bits per heavy atom. The Bertz CT molecular complexity index is 1030. The number of hydrogen-bond acceptors (Lipinski definition) is 4. The van der Waals surface area contributed by atoms with Gasteiger partial charge in [-0.25, -0.2) is 4.79 Å². The quantitative estimate of drug-likeness (QED) is 0.539. The first-order valence-electron chi connectivity index (χ1n) is 9.56. The van der Waals surface area contributed by atoms with Gasteiger partial charge in [0.05, 0.1) is 0 Å². The predicted molar refractivity (Wildman–Crippen MR) is 115 cm³/mol. The van der Waals surface area contributed by atoms with E-state index in [2.05, 4.69) is 5.32 Å². The number of ether oxygens (including phenoxy) is 1. The Kier molecular flexibility index (Phi) is 6.95. The van der Waals surface area contributed by atoms with Crippen LogP contribution in [0.15, 0.2) is 72.8 Å². The second-order valence-electron chi connectivity index (χ2n) is 6.76. The minimum atomic E-state index is -0.863. The van der Waals surface area contributed by atoms with E-state index in [0.717, 1.165) is 23.0 Å². The van der Waals surface area contributed by atoms with Crippen molar-refractivity contribution in [3.63, 3.8) is 0 Å². The van der Waals surface area contributed by atoms with Gasteiger partial charge in [0.1, 0.15) is 12.0 Å². The molecule has 0 aliphatic heterocycles. The Morgan fingerprint density at radius 3 is 2.37 bits per heavy atom. The van der Waals surface area contributed by atoms with Crippen LogP contribution in [0.4, 0.5) is 10.5 Å². The van der Waals surface area contributed by atoms with Crippen LogP contribution in [0.25, 0.3) is 11.1 Å². The molecule has 3 rings (SSSR count). The van der Waals surface area contributed by atoms with Crippen molar-refractivity contribution in [3.05, 3.63) is 83.9 Å². The molecule has 3 N–H and O–H groups in total. The highest BCUT2D eigenvalue weighted by Crippen LogP contribution is 2.31. The molecule has 30 heavy (non-hydrogen) atoms. The fourth-order valence-electron chi connectivity index (χ4n) is 3.09. The van der Waals surface area contributed by atoms with Crippen molar-refractivity contribution >= 4 is 24.0 Å². The molecule has 0 saturated heterocycles. The molecule has 0 aromatic heterocycles. The van der Waals surface area contributed by atoms with Crippen molar-refractivity contribution in [2.24, 2.45) is 5.73 Å². The number of nitrogens with one attached hydrogen (secondary N) is 1. The van der Waals surface area contributed by atoms with Gasteiger partial charge < -0.3 is 15.8 Å². The number of rotatable bonds is 8. The Balaban J connectivity index is 1.62. The normalized spacial score (nSPS) is 10.3. The van der Waals surface area contributed by atoms with Crippen molar-refractivity contribution in [1.82, 2.24) is 0 Å². The summed E-state index contributed by atoms with van der Waals surface area (Å²) < 4.78 is 5.13. The summed E-state index contributed by atoms with van der Waals surface area (Å²) in [6, 6.07) is 21.8. The van der Waals surface area contributed by atoms with E-state index < -0.39 is 6.09 Å². The third kappa shape index (κ3) is 5.78. The van der Waals surface area contributed by atoms with Gasteiger partial charge in [-0.15, -0.1) is 0 Å². The molecule has 3 aromatic carbocycles. The van der Waals surface area contributed by atoms with E-state index in [-0.39, 0.29) is 5.91 Å². The fraction of sp³-hybridized carbons (Fsp3) is 0.125. The molecule has 0 spiro atoms. The number of carbonyl (C=O) groups is 3. The summed E-state index contributed by atoms with van der Waals surface area (Å²) in [6.45, 7) is 0. The van der Waals surface area contributed by atoms with E-state index in [1.54, 1.807) is 30.3 Å². The molecule has 0 radical (unpaired) electrons. The number of aldehydes is 1. The standard InChI is InChI=1S/C24H22N2O4/c25-24(29)30-22-14-11-17(15-21(22)19-6-2-1-3-7-19)5-4-8-23(28)26-20-12-9-18(16-27)10-13-20/h1-3,6-7,9-16H,4-5,8H2,(H2,25,29)(H,26,28). The highest BCUT2D eigenvalue weighted by molar-refractivity contribution is 5.91. The lowest BCUT2D eigenvalue weighted by molar-refractivity contribution is -0.116. The van der Waals surface area contributed by atoms with Crippen LogP contribution < -0.4 is 15.8 Å². The highest BCUT2D eigenvalue weighted by Gasteiger charge is 2.11. The van der Waals surface area contributed by atoms with Gasteiger partial charge in [-0.3, -0.25) is 9.59 Å². The average molecular weight is 402 g/mol. The number of benzene rings is 3. The number of primary amides is 1. The molecule has 0 heterocycles. The molecular formula is C24H22N2O4. The van der Waals surface area contributed by atoms with Gasteiger partial charge in [0, 0.05) is 23.2 Å². The van der Waals surface area contributed by atoms with Gasteiger partial charge in [0.15, 0.2) is 0 Å². The van der Waals surface area contributed by atoms with Crippen LogP contribution in [-0.2, 0) is 11.2 Å². The molecule has 0 bridgehead atoms. The van der Waals surface area contributed by atoms with Crippen LogP contribution in [0.5, 0.6) is 5.75 Å². The topological polar surface area (TPSA) is 98.5 Å². The number of carbonyl (C=O) groups excluding carboxylic acids is 3. The molecule has 0 atom stereocenters. The molecule has 0 unspecified atom stereocenters. The van der Waals surface area contributed by atoms with Gasteiger partial charge >= 0.3 is 6.09 Å². The van der Waals surface area contributed by atoms with Crippen LogP contribution >= 0.6 is 0 Å². The minimum Gasteiger partial charge on any atom is -0.410 e. The van der Waals surface area contributed by atoms with Gasteiger partial charge in [-0.05, 0) is 60.4 Å². The first-order valence-corrected chi connectivity index (χ1v) is 9.56. The second kappa shape index (κ2) is 10.0. The minimum absolute atomic E-state index is 0.0918. The molecule has 6 heteroatoms. The lowest BCUT2D eigenvalue weighted by atomic mass is 9.99. The summed E-state index contributed by atoms with van der Waals surface area (Å²) >= 11 is 0. The van der Waals surface area contributed by atoms with Gasteiger partial charge in [0.2, 0.25) is 5.91 Å². The van der Waals surface area contributed by atoms with E-state index in [0.29, 0.717) is 36.3 Å². The Hall–Kier alpha value is -3.93. The second-order valence-corrected chi connectivity index (χ2v) is 6.76. The van der Waals surface area contributed by atoms with E-state index >= 15 is 0 Å². The average Bonchev–Trinajstić information content (AvgIpc) is 2.75. The van der Waals surface area contributed by atoms with E-state index in [9.17, 15) is 14.4 Å². The third-order valence-corrected chi connectivity index (χ3v) is 4.54. The molecule has 152 valence electrons. The Morgan fingerprint density at radius 1 is 0.967 bits per heavy atom. The number of anilines is 1. The van der Waals surface area contributed by atoms with Crippen LogP contribution in [0.1, 0.15) is 28.8 Å². The summed E-state index contributed by atoms with van der Waals surface area (Å²) in [7, 11) is 0. The van der Waals surface area contributed by atoms with E-state index in [1.807, 2.05) is 42.5 Å². The number of hydrogen-bond donors (Lipinski definition) is 2. The van der Waals surface area contributed by atoms with Gasteiger partial charge in [-0.1, -0.05) is 36.4 Å². The van der Waals surface area contributed by atoms with E-state index in [4.69, 9.17) is 10.5 Å². The predicted octanol–water partition coefficient (Wildman–Crippen LogP) is 4.59. The molecule has 0 fully saturated rings. The van der Waals surface area contributed by atoms with E-state index in [1.165, 1.54) is 0 Å². The fourth-order valence-corrected chi connectivity index (χ4v) is 3.09. The molecular weight excluding hydrogens is 380 g/mol. The monoisotopic (exact) mass is 402 g/mol. The molecule has 6 nitrogen and oxygen atoms in total. The third-order valence-electron chi connectivity index (χ3n) is 4.54. The van der Waals surface area contributed by atoms with Gasteiger partial charge in [0.25, 0.3) is 0 Å². The number of nitrogens with two attached hydrogens (primary N) is 1. The zero-order valence-electron chi connectivity index (χ0n) is 16.3. The van der Waals surface area contributed by atoms with Crippen molar-refractivity contribution in [3.8, 4) is 16.9 Å². The maximum atomic E-state index is 12.2. The van der Waals surface area contributed by atoms with Gasteiger partial charge in [-0.2, -0.15) is 0 Å². The number of amides is 2. The van der Waals surface area contributed by atoms with Crippen molar-refractivity contribution in [2.45, 2.75) is 19.3 Å². The SMILES string of the molecule is NC(=O)Oc1ccc(CCCC(=O)Nc2ccc(C=O)cc2)cc1-c1ccccc1. The first kappa shape index (κ1) is 20.8. The Labute approximate surface area is 174 Å². The molecule has 0 saturated carbocycles. The zero-order valence-corrected chi connectivity index (χ0v) is 16.3.